The normalized spacial score (nSPS) is 11.4. The van der Waals surface area contributed by atoms with Crippen molar-refractivity contribution in [1.29, 1.82) is 0 Å². The number of aryl methyl sites for hydroxylation is 1. The predicted molar refractivity (Wildman–Crippen MR) is 64.0 cm³/mol. The molecule has 0 radical (unpaired) electrons. The molecule has 0 aliphatic rings. The molecule has 78 valence electrons. The van der Waals surface area contributed by atoms with E-state index in [2.05, 4.69) is 22.6 Å². The zero-order valence-corrected chi connectivity index (χ0v) is 10.9. The van der Waals surface area contributed by atoms with Crippen molar-refractivity contribution < 1.29 is 12.6 Å². The lowest BCUT2D eigenvalue weighted by Gasteiger charge is -2.06. The fraction of sp³-hybridized carbons (Fsp3) is 0.333. The first-order chi connectivity index (χ1) is 6.42. The highest BCUT2D eigenvalue weighted by Gasteiger charge is 2.06. The lowest BCUT2D eigenvalue weighted by Crippen LogP contribution is -2.06. The van der Waals surface area contributed by atoms with Crippen LogP contribution < -0.4 is 4.18 Å². The van der Waals surface area contributed by atoms with Crippen LogP contribution >= 0.6 is 22.6 Å². The highest BCUT2D eigenvalue weighted by atomic mass is 127. The first-order valence-corrected chi connectivity index (χ1v) is 7.00. The van der Waals surface area contributed by atoms with Gasteiger partial charge in [-0.05, 0) is 52.8 Å². The van der Waals surface area contributed by atoms with Gasteiger partial charge in [0, 0.05) is 3.57 Å². The van der Waals surface area contributed by atoms with Crippen LogP contribution in [0.1, 0.15) is 12.5 Å². The number of hydrogen-bond acceptors (Lipinski definition) is 3. The van der Waals surface area contributed by atoms with Gasteiger partial charge in [0.05, 0.1) is 6.26 Å². The van der Waals surface area contributed by atoms with E-state index >= 15 is 0 Å². The van der Waals surface area contributed by atoms with E-state index in [-0.39, 0.29) is 0 Å². The molecule has 0 atom stereocenters. The fourth-order valence-electron chi connectivity index (χ4n) is 1.05. The van der Waals surface area contributed by atoms with Crippen LogP contribution in [0.25, 0.3) is 0 Å². The maximum atomic E-state index is 10.9. The molecule has 0 unspecified atom stereocenters. The molecule has 1 aromatic carbocycles. The molecule has 3 nitrogen and oxygen atoms in total. The molecular weight excluding hydrogens is 315 g/mol. The number of benzene rings is 1. The molecule has 0 N–H and O–H groups in total. The maximum absolute atomic E-state index is 10.9. The summed E-state index contributed by atoms with van der Waals surface area (Å²) in [6.07, 6.45) is 1.90. The van der Waals surface area contributed by atoms with E-state index in [1.807, 2.05) is 13.0 Å². The van der Waals surface area contributed by atoms with Gasteiger partial charge in [-0.2, -0.15) is 8.42 Å². The van der Waals surface area contributed by atoms with Gasteiger partial charge in [-0.3, -0.25) is 0 Å². The van der Waals surface area contributed by atoms with Crippen LogP contribution in [0.4, 0.5) is 0 Å². The van der Waals surface area contributed by atoms with E-state index < -0.39 is 10.1 Å². The molecule has 0 aliphatic carbocycles. The molecule has 0 amide bonds. The Balaban J connectivity index is 3.01. The molecule has 1 aromatic rings. The van der Waals surface area contributed by atoms with Gasteiger partial charge in [0.15, 0.2) is 0 Å². The van der Waals surface area contributed by atoms with Crippen LogP contribution in [0.2, 0.25) is 0 Å². The van der Waals surface area contributed by atoms with Gasteiger partial charge in [-0.15, -0.1) is 0 Å². The Morgan fingerprint density at radius 1 is 1.43 bits per heavy atom. The predicted octanol–water partition coefficient (Wildman–Crippen LogP) is 2.19. The van der Waals surface area contributed by atoms with Crippen molar-refractivity contribution in [3.63, 3.8) is 0 Å². The first kappa shape index (κ1) is 11.8. The van der Waals surface area contributed by atoms with Crippen molar-refractivity contribution in [3.05, 3.63) is 27.3 Å². The van der Waals surface area contributed by atoms with Crippen LogP contribution in [0, 0.1) is 3.57 Å². The van der Waals surface area contributed by atoms with E-state index in [9.17, 15) is 8.42 Å². The SMILES string of the molecule is CCc1cc(OS(C)(=O)=O)ccc1I. The largest absolute Gasteiger partial charge is 0.383 e. The molecule has 0 bridgehead atoms. The van der Waals surface area contributed by atoms with Crippen LogP contribution in [-0.4, -0.2) is 14.7 Å². The number of rotatable bonds is 3. The molecule has 0 heterocycles. The minimum atomic E-state index is -3.42. The van der Waals surface area contributed by atoms with Gasteiger partial charge in [0.1, 0.15) is 5.75 Å². The molecule has 0 spiro atoms. The van der Waals surface area contributed by atoms with Gasteiger partial charge in [-0.25, -0.2) is 0 Å². The van der Waals surface area contributed by atoms with E-state index in [1.165, 1.54) is 0 Å². The Kier molecular flexibility index (Phi) is 3.77. The Labute approximate surface area is 97.7 Å². The highest BCUT2D eigenvalue weighted by Crippen LogP contribution is 2.20. The Morgan fingerprint density at radius 2 is 2.07 bits per heavy atom. The summed E-state index contributed by atoms with van der Waals surface area (Å²) < 4.78 is 27.6. The van der Waals surface area contributed by atoms with E-state index in [4.69, 9.17) is 4.18 Å². The van der Waals surface area contributed by atoms with Gasteiger partial charge in [-0.1, -0.05) is 6.92 Å². The van der Waals surface area contributed by atoms with Crippen molar-refractivity contribution in [2.75, 3.05) is 6.26 Å². The van der Waals surface area contributed by atoms with Gasteiger partial charge in [0.2, 0.25) is 0 Å². The topological polar surface area (TPSA) is 43.4 Å². The standard InChI is InChI=1S/C9H11IO3S/c1-3-7-6-8(4-5-9(7)10)13-14(2,11)12/h4-6H,3H2,1-2H3. The zero-order chi connectivity index (χ0) is 10.8. The Hall–Kier alpha value is -0.300. The lowest BCUT2D eigenvalue weighted by atomic mass is 10.2. The second-order valence-corrected chi connectivity index (χ2v) is 5.63. The zero-order valence-electron chi connectivity index (χ0n) is 7.95. The van der Waals surface area contributed by atoms with Crippen LogP contribution in [-0.2, 0) is 16.5 Å². The average molecular weight is 326 g/mol. The summed E-state index contributed by atoms with van der Waals surface area (Å²) in [6, 6.07) is 5.25. The smallest absolute Gasteiger partial charge is 0.306 e. The van der Waals surface area contributed by atoms with Crippen LogP contribution in [0.5, 0.6) is 5.75 Å². The van der Waals surface area contributed by atoms with Crippen molar-refractivity contribution in [1.82, 2.24) is 0 Å². The van der Waals surface area contributed by atoms with E-state index in [0.29, 0.717) is 5.75 Å². The average Bonchev–Trinajstić information content (AvgIpc) is 2.06. The van der Waals surface area contributed by atoms with Crippen molar-refractivity contribution in [2.24, 2.45) is 0 Å². The second kappa shape index (κ2) is 4.48. The molecule has 0 saturated carbocycles. The summed E-state index contributed by atoms with van der Waals surface area (Å²) in [5.41, 5.74) is 1.09. The summed E-state index contributed by atoms with van der Waals surface area (Å²) in [4.78, 5) is 0. The van der Waals surface area contributed by atoms with Crippen molar-refractivity contribution >= 4 is 32.7 Å². The van der Waals surface area contributed by atoms with Gasteiger partial charge < -0.3 is 4.18 Å². The third-order valence-corrected chi connectivity index (χ3v) is 3.19. The van der Waals surface area contributed by atoms with Crippen LogP contribution in [0.3, 0.4) is 0 Å². The number of hydrogen-bond donors (Lipinski definition) is 0. The maximum Gasteiger partial charge on any atom is 0.306 e. The summed E-state index contributed by atoms with van der Waals surface area (Å²) in [5, 5.41) is 0. The molecule has 0 aliphatic heterocycles. The van der Waals surface area contributed by atoms with Crippen LogP contribution in [0.15, 0.2) is 18.2 Å². The quantitative estimate of drug-likeness (QED) is 0.632. The number of halogens is 1. The minimum absolute atomic E-state index is 0.379. The lowest BCUT2D eigenvalue weighted by molar-refractivity contribution is 0.492. The molecule has 0 fully saturated rings. The summed E-state index contributed by atoms with van der Waals surface area (Å²) in [7, 11) is -3.42. The molecule has 14 heavy (non-hydrogen) atoms. The summed E-state index contributed by atoms with van der Waals surface area (Å²) in [6.45, 7) is 2.02. The minimum Gasteiger partial charge on any atom is -0.383 e. The summed E-state index contributed by atoms with van der Waals surface area (Å²) >= 11 is 2.21. The molecule has 5 heteroatoms. The third-order valence-electron chi connectivity index (χ3n) is 1.65. The van der Waals surface area contributed by atoms with E-state index in [0.717, 1.165) is 21.8 Å². The Bertz CT molecular complexity index is 426. The molecule has 0 aromatic heterocycles. The second-order valence-electron chi connectivity index (χ2n) is 2.89. The molecule has 0 saturated heterocycles. The fourth-order valence-corrected chi connectivity index (χ4v) is 2.22. The van der Waals surface area contributed by atoms with Gasteiger partial charge >= 0.3 is 10.1 Å². The van der Waals surface area contributed by atoms with E-state index in [1.54, 1.807) is 12.1 Å². The monoisotopic (exact) mass is 326 g/mol. The van der Waals surface area contributed by atoms with Gasteiger partial charge in [0.25, 0.3) is 0 Å². The highest BCUT2D eigenvalue weighted by molar-refractivity contribution is 14.1. The Morgan fingerprint density at radius 3 is 2.57 bits per heavy atom. The van der Waals surface area contributed by atoms with Crippen molar-refractivity contribution in [2.45, 2.75) is 13.3 Å². The summed E-state index contributed by atoms with van der Waals surface area (Å²) in [5.74, 6) is 0.379. The molecule has 1 rings (SSSR count). The van der Waals surface area contributed by atoms with Crippen molar-refractivity contribution in [3.8, 4) is 5.75 Å². The molecular formula is C9H11IO3S. The first-order valence-electron chi connectivity index (χ1n) is 4.10. The third kappa shape index (κ3) is 3.45.